The fourth-order valence-corrected chi connectivity index (χ4v) is 4.26. The minimum atomic E-state index is -0.308. The summed E-state index contributed by atoms with van der Waals surface area (Å²) in [4.78, 5) is 30.6. The van der Waals surface area contributed by atoms with E-state index in [1.54, 1.807) is 12.1 Å². The SMILES string of the molecule is CCN(Cc1ccccc1)C1=C(c2ccc(C)c(C)c2)C(=O)N(CCc2ccc(F)cc2)C1=O. The van der Waals surface area contributed by atoms with E-state index >= 15 is 0 Å². The molecule has 0 spiro atoms. The van der Waals surface area contributed by atoms with Crippen molar-refractivity contribution in [1.29, 1.82) is 0 Å². The van der Waals surface area contributed by atoms with E-state index in [4.69, 9.17) is 0 Å². The van der Waals surface area contributed by atoms with Crippen molar-refractivity contribution in [2.24, 2.45) is 0 Å². The van der Waals surface area contributed by atoms with Gasteiger partial charge in [-0.2, -0.15) is 0 Å². The first-order valence-corrected chi connectivity index (χ1v) is 11.6. The van der Waals surface area contributed by atoms with Crippen molar-refractivity contribution in [1.82, 2.24) is 9.80 Å². The molecule has 0 unspecified atom stereocenters. The van der Waals surface area contributed by atoms with Crippen molar-refractivity contribution in [3.05, 3.63) is 112 Å². The first kappa shape index (κ1) is 23.4. The molecule has 2 amide bonds. The zero-order chi connectivity index (χ0) is 24.2. The molecular formula is C29H29FN2O2. The van der Waals surface area contributed by atoms with Gasteiger partial charge in [0.15, 0.2) is 0 Å². The normalized spacial score (nSPS) is 13.7. The van der Waals surface area contributed by atoms with Crippen LogP contribution in [-0.2, 0) is 22.6 Å². The maximum atomic E-state index is 13.7. The van der Waals surface area contributed by atoms with Crippen LogP contribution in [0.4, 0.5) is 4.39 Å². The second kappa shape index (κ2) is 10.0. The Labute approximate surface area is 200 Å². The highest BCUT2D eigenvalue weighted by Gasteiger charge is 2.41. The first-order valence-electron chi connectivity index (χ1n) is 11.6. The third kappa shape index (κ3) is 4.79. The number of amides is 2. The summed E-state index contributed by atoms with van der Waals surface area (Å²) in [5.41, 5.74) is 5.80. The lowest BCUT2D eigenvalue weighted by Crippen LogP contribution is -2.36. The molecule has 0 aromatic heterocycles. The molecule has 3 aromatic rings. The fraction of sp³-hybridized carbons (Fsp3) is 0.241. The summed E-state index contributed by atoms with van der Waals surface area (Å²) in [6, 6.07) is 22.0. The Morgan fingerprint density at radius 2 is 1.53 bits per heavy atom. The van der Waals surface area contributed by atoms with Crippen molar-refractivity contribution in [3.8, 4) is 0 Å². The zero-order valence-corrected chi connectivity index (χ0v) is 19.8. The Balaban J connectivity index is 1.70. The molecular weight excluding hydrogens is 427 g/mol. The van der Waals surface area contributed by atoms with Gasteiger partial charge in [0.05, 0.1) is 5.57 Å². The molecule has 1 aliphatic rings. The molecule has 0 radical (unpaired) electrons. The van der Waals surface area contributed by atoms with Crippen LogP contribution in [0.1, 0.15) is 34.7 Å². The zero-order valence-electron chi connectivity index (χ0n) is 19.8. The fourth-order valence-electron chi connectivity index (χ4n) is 4.26. The van der Waals surface area contributed by atoms with Crippen LogP contribution in [0.2, 0.25) is 0 Å². The highest BCUT2D eigenvalue weighted by atomic mass is 19.1. The lowest BCUT2D eigenvalue weighted by molar-refractivity contribution is -0.137. The molecule has 1 heterocycles. The van der Waals surface area contributed by atoms with Crippen molar-refractivity contribution in [2.45, 2.75) is 33.7 Å². The second-order valence-electron chi connectivity index (χ2n) is 8.66. The van der Waals surface area contributed by atoms with Gasteiger partial charge in [-0.25, -0.2) is 4.39 Å². The molecule has 0 atom stereocenters. The Hall–Kier alpha value is -3.73. The van der Waals surface area contributed by atoms with Crippen LogP contribution in [0, 0.1) is 19.7 Å². The van der Waals surface area contributed by atoms with Crippen molar-refractivity contribution in [2.75, 3.05) is 13.1 Å². The Morgan fingerprint density at radius 3 is 2.18 bits per heavy atom. The molecule has 4 nitrogen and oxygen atoms in total. The van der Waals surface area contributed by atoms with E-state index in [0.29, 0.717) is 30.8 Å². The number of likely N-dealkylation sites (N-methyl/N-ethyl adjacent to an activating group) is 1. The summed E-state index contributed by atoms with van der Waals surface area (Å²) in [5.74, 6) is -0.868. The van der Waals surface area contributed by atoms with Gasteiger partial charge in [0.1, 0.15) is 11.5 Å². The number of imide groups is 1. The molecule has 5 heteroatoms. The molecule has 34 heavy (non-hydrogen) atoms. The third-order valence-electron chi connectivity index (χ3n) is 6.39. The van der Waals surface area contributed by atoms with Crippen LogP contribution in [0.25, 0.3) is 5.57 Å². The summed E-state index contributed by atoms with van der Waals surface area (Å²) in [5, 5.41) is 0. The predicted molar refractivity (Wildman–Crippen MR) is 132 cm³/mol. The van der Waals surface area contributed by atoms with Gasteiger partial charge < -0.3 is 4.90 Å². The minimum absolute atomic E-state index is 0.240. The molecule has 3 aromatic carbocycles. The van der Waals surface area contributed by atoms with Crippen LogP contribution in [0.15, 0.2) is 78.5 Å². The average molecular weight is 457 g/mol. The predicted octanol–water partition coefficient (Wildman–Crippen LogP) is 5.29. The van der Waals surface area contributed by atoms with Gasteiger partial charge >= 0.3 is 0 Å². The highest BCUT2D eigenvalue weighted by Crippen LogP contribution is 2.33. The van der Waals surface area contributed by atoms with Gasteiger partial charge in [0, 0.05) is 19.6 Å². The molecule has 0 aliphatic carbocycles. The van der Waals surface area contributed by atoms with E-state index in [1.807, 2.05) is 74.2 Å². The minimum Gasteiger partial charge on any atom is -0.362 e. The summed E-state index contributed by atoms with van der Waals surface area (Å²) < 4.78 is 13.3. The quantitative estimate of drug-likeness (QED) is 0.433. The molecule has 1 aliphatic heterocycles. The van der Waals surface area contributed by atoms with Crippen molar-refractivity contribution in [3.63, 3.8) is 0 Å². The van der Waals surface area contributed by atoms with Gasteiger partial charge in [-0.3, -0.25) is 14.5 Å². The van der Waals surface area contributed by atoms with E-state index in [1.165, 1.54) is 17.0 Å². The topological polar surface area (TPSA) is 40.6 Å². The number of hydrogen-bond acceptors (Lipinski definition) is 3. The monoisotopic (exact) mass is 456 g/mol. The molecule has 0 fully saturated rings. The van der Waals surface area contributed by atoms with Gasteiger partial charge in [-0.15, -0.1) is 0 Å². The lowest BCUT2D eigenvalue weighted by atomic mass is 9.99. The summed E-state index contributed by atoms with van der Waals surface area (Å²) in [7, 11) is 0. The molecule has 0 saturated heterocycles. The average Bonchev–Trinajstić information content (AvgIpc) is 3.09. The number of carbonyl (C=O) groups excluding carboxylic acids is 2. The number of nitrogens with zero attached hydrogens (tertiary/aromatic N) is 2. The maximum absolute atomic E-state index is 13.7. The Morgan fingerprint density at radius 1 is 0.824 bits per heavy atom. The van der Waals surface area contributed by atoms with Crippen LogP contribution in [0.3, 0.4) is 0 Å². The summed E-state index contributed by atoms with van der Waals surface area (Å²) in [6.07, 6.45) is 0.468. The largest absolute Gasteiger partial charge is 0.362 e. The highest BCUT2D eigenvalue weighted by molar-refractivity contribution is 6.35. The van der Waals surface area contributed by atoms with Gasteiger partial charge in [0.2, 0.25) is 0 Å². The smallest absolute Gasteiger partial charge is 0.277 e. The van der Waals surface area contributed by atoms with Crippen LogP contribution < -0.4 is 0 Å². The van der Waals surface area contributed by atoms with E-state index in [0.717, 1.165) is 27.8 Å². The maximum Gasteiger partial charge on any atom is 0.277 e. The van der Waals surface area contributed by atoms with E-state index in [9.17, 15) is 14.0 Å². The summed E-state index contributed by atoms with van der Waals surface area (Å²) >= 11 is 0. The standard InChI is InChI=1S/C29H29FN2O2/c1-4-31(19-23-8-6-5-7-9-23)27-26(24-13-10-20(2)21(3)18-24)28(33)32(29(27)34)17-16-22-11-14-25(30)15-12-22/h5-15,18H,4,16-17,19H2,1-3H3. The molecule has 0 N–H and O–H groups in total. The number of rotatable bonds is 8. The molecule has 0 bridgehead atoms. The van der Waals surface area contributed by atoms with Crippen molar-refractivity contribution < 1.29 is 14.0 Å². The van der Waals surface area contributed by atoms with E-state index in [2.05, 4.69) is 0 Å². The van der Waals surface area contributed by atoms with E-state index < -0.39 is 0 Å². The second-order valence-corrected chi connectivity index (χ2v) is 8.66. The summed E-state index contributed by atoms with van der Waals surface area (Å²) in [6.45, 7) is 7.39. The number of halogens is 1. The van der Waals surface area contributed by atoms with Crippen LogP contribution >= 0.6 is 0 Å². The van der Waals surface area contributed by atoms with Gasteiger partial charge in [0.25, 0.3) is 11.8 Å². The van der Waals surface area contributed by atoms with Gasteiger partial charge in [-0.05, 0) is 67.1 Å². The number of benzene rings is 3. The Bertz CT molecular complexity index is 1230. The molecule has 0 saturated carbocycles. The molecule has 4 rings (SSSR count). The van der Waals surface area contributed by atoms with E-state index in [-0.39, 0.29) is 24.2 Å². The third-order valence-corrected chi connectivity index (χ3v) is 6.39. The first-order chi connectivity index (χ1) is 16.4. The van der Waals surface area contributed by atoms with Crippen molar-refractivity contribution >= 4 is 17.4 Å². The number of hydrogen-bond donors (Lipinski definition) is 0. The van der Waals surface area contributed by atoms with Crippen LogP contribution in [-0.4, -0.2) is 34.7 Å². The number of aryl methyl sites for hydroxylation is 2. The Kier molecular flexibility index (Phi) is 6.92. The molecule has 174 valence electrons. The van der Waals surface area contributed by atoms with Crippen LogP contribution in [0.5, 0.6) is 0 Å². The van der Waals surface area contributed by atoms with Gasteiger partial charge in [-0.1, -0.05) is 60.7 Å². The lowest BCUT2D eigenvalue weighted by Gasteiger charge is -2.25. The number of carbonyl (C=O) groups is 2.